The van der Waals surface area contributed by atoms with E-state index in [1.807, 2.05) is 24.3 Å². The van der Waals surface area contributed by atoms with E-state index in [9.17, 15) is 9.59 Å². The van der Waals surface area contributed by atoms with Crippen LogP contribution < -0.4 is 10.1 Å². The number of hydrogen-bond donors (Lipinski definition) is 1. The summed E-state index contributed by atoms with van der Waals surface area (Å²) in [5.74, 6) is -0.746. The number of benzene rings is 2. The summed E-state index contributed by atoms with van der Waals surface area (Å²) >= 11 is 9.18. The van der Waals surface area contributed by atoms with Crippen molar-refractivity contribution in [1.29, 1.82) is 0 Å². The van der Waals surface area contributed by atoms with Gasteiger partial charge in [0.1, 0.15) is 11.3 Å². The lowest BCUT2D eigenvalue weighted by Gasteiger charge is -2.09. The van der Waals surface area contributed by atoms with Gasteiger partial charge in [0.25, 0.3) is 5.91 Å². The second-order valence-electron chi connectivity index (χ2n) is 4.82. The highest BCUT2D eigenvalue weighted by Crippen LogP contribution is 2.23. The third-order valence-electron chi connectivity index (χ3n) is 3.12. The van der Waals surface area contributed by atoms with E-state index in [4.69, 9.17) is 21.1 Å². The molecule has 1 N–H and O–H groups in total. The minimum Gasteiger partial charge on any atom is -0.496 e. The van der Waals surface area contributed by atoms with Crippen LogP contribution in [0.1, 0.15) is 15.9 Å². The van der Waals surface area contributed by atoms with Crippen LogP contribution in [-0.2, 0) is 16.1 Å². The van der Waals surface area contributed by atoms with Gasteiger partial charge in [0, 0.05) is 16.0 Å². The number of amides is 1. The molecule has 5 nitrogen and oxygen atoms in total. The van der Waals surface area contributed by atoms with Crippen molar-refractivity contribution in [3.05, 3.63) is 63.1 Å². The Bertz CT molecular complexity index is 734. The number of methoxy groups -OCH3 is 1. The smallest absolute Gasteiger partial charge is 0.342 e. The van der Waals surface area contributed by atoms with Gasteiger partial charge in [-0.15, -0.1) is 0 Å². The van der Waals surface area contributed by atoms with Crippen LogP contribution in [0.3, 0.4) is 0 Å². The van der Waals surface area contributed by atoms with Crippen molar-refractivity contribution in [3.8, 4) is 5.75 Å². The zero-order chi connectivity index (χ0) is 17.5. The molecule has 0 aliphatic carbocycles. The van der Waals surface area contributed by atoms with Gasteiger partial charge < -0.3 is 14.8 Å². The molecule has 0 heterocycles. The molecule has 0 bridgehead atoms. The lowest BCUT2D eigenvalue weighted by atomic mass is 10.2. The van der Waals surface area contributed by atoms with Crippen molar-refractivity contribution in [2.45, 2.75) is 6.54 Å². The van der Waals surface area contributed by atoms with Crippen LogP contribution in [0.2, 0.25) is 5.02 Å². The van der Waals surface area contributed by atoms with Gasteiger partial charge in [-0.05, 0) is 35.9 Å². The molecule has 126 valence electrons. The first kappa shape index (κ1) is 18.3. The maximum absolute atomic E-state index is 12.0. The minimum atomic E-state index is -0.651. The van der Waals surface area contributed by atoms with Crippen molar-refractivity contribution < 1.29 is 19.1 Å². The van der Waals surface area contributed by atoms with Crippen molar-refractivity contribution in [2.24, 2.45) is 0 Å². The second kappa shape index (κ2) is 8.70. The summed E-state index contributed by atoms with van der Waals surface area (Å²) in [5, 5.41) is 3.12. The SMILES string of the molecule is COc1cc(Cl)ccc1C(=O)OCC(=O)NCc1ccc(Br)cc1. The van der Waals surface area contributed by atoms with E-state index in [2.05, 4.69) is 21.2 Å². The molecule has 0 aliphatic rings. The lowest BCUT2D eigenvalue weighted by Crippen LogP contribution is -2.28. The number of ether oxygens (including phenoxy) is 2. The van der Waals surface area contributed by atoms with E-state index < -0.39 is 5.97 Å². The molecule has 0 aromatic heterocycles. The summed E-state index contributed by atoms with van der Waals surface area (Å²) in [6, 6.07) is 12.1. The first-order valence-corrected chi connectivity index (χ1v) is 8.18. The van der Waals surface area contributed by atoms with Crippen molar-refractivity contribution >= 4 is 39.4 Å². The van der Waals surface area contributed by atoms with Gasteiger partial charge in [0.2, 0.25) is 0 Å². The highest BCUT2D eigenvalue weighted by molar-refractivity contribution is 9.10. The summed E-state index contributed by atoms with van der Waals surface area (Å²) in [6.45, 7) is -0.0188. The van der Waals surface area contributed by atoms with E-state index in [0.29, 0.717) is 17.3 Å². The number of hydrogen-bond acceptors (Lipinski definition) is 4. The first-order chi connectivity index (χ1) is 11.5. The van der Waals surface area contributed by atoms with Gasteiger partial charge in [-0.1, -0.05) is 39.7 Å². The maximum atomic E-state index is 12.0. The zero-order valence-corrected chi connectivity index (χ0v) is 15.2. The Hall–Kier alpha value is -2.05. The quantitative estimate of drug-likeness (QED) is 0.737. The predicted octanol–water partition coefficient (Wildman–Crippen LogP) is 3.58. The average Bonchev–Trinajstić information content (AvgIpc) is 2.59. The van der Waals surface area contributed by atoms with Crippen LogP contribution in [0, 0.1) is 0 Å². The Morgan fingerprint density at radius 2 is 1.88 bits per heavy atom. The number of halogens is 2. The first-order valence-electron chi connectivity index (χ1n) is 7.01. The summed E-state index contributed by atoms with van der Waals surface area (Å²) in [5.41, 5.74) is 1.15. The predicted molar refractivity (Wildman–Crippen MR) is 94.3 cm³/mol. The van der Waals surface area contributed by atoms with E-state index in [-0.39, 0.29) is 18.1 Å². The van der Waals surface area contributed by atoms with Crippen LogP contribution in [-0.4, -0.2) is 25.6 Å². The monoisotopic (exact) mass is 411 g/mol. The van der Waals surface area contributed by atoms with E-state index in [1.165, 1.54) is 19.2 Å². The van der Waals surface area contributed by atoms with E-state index in [1.54, 1.807) is 6.07 Å². The van der Waals surface area contributed by atoms with Crippen LogP contribution >= 0.6 is 27.5 Å². The molecule has 1 amide bonds. The third kappa shape index (κ3) is 5.25. The fourth-order valence-corrected chi connectivity index (χ4v) is 2.32. The Labute approximate surface area is 153 Å². The number of carbonyl (C=O) groups excluding carboxylic acids is 2. The number of rotatable bonds is 6. The van der Waals surface area contributed by atoms with E-state index >= 15 is 0 Å². The van der Waals surface area contributed by atoms with Crippen LogP contribution in [0.4, 0.5) is 0 Å². The normalized spacial score (nSPS) is 10.1. The van der Waals surface area contributed by atoms with Gasteiger partial charge in [-0.2, -0.15) is 0 Å². The van der Waals surface area contributed by atoms with Crippen molar-refractivity contribution in [3.63, 3.8) is 0 Å². The molecule has 0 spiro atoms. The van der Waals surface area contributed by atoms with Crippen LogP contribution in [0.5, 0.6) is 5.75 Å². The topological polar surface area (TPSA) is 64.6 Å². The fraction of sp³-hybridized carbons (Fsp3) is 0.176. The standard InChI is InChI=1S/C17H15BrClNO4/c1-23-15-8-13(19)6-7-14(15)17(22)24-10-16(21)20-9-11-2-4-12(18)5-3-11/h2-8H,9-10H2,1H3,(H,20,21). The third-order valence-corrected chi connectivity index (χ3v) is 3.88. The number of carbonyl (C=O) groups is 2. The number of nitrogens with one attached hydrogen (secondary N) is 1. The van der Waals surface area contributed by atoms with Crippen LogP contribution in [0.25, 0.3) is 0 Å². The van der Waals surface area contributed by atoms with Gasteiger partial charge in [-0.3, -0.25) is 4.79 Å². The molecular weight excluding hydrogens is 398 g/mol. The lowest BCUT2D eigenvalue weighted by molar-refractivity contribution is -0.124. The average molecular weight is 413 g/mol. The second-order valence-corrected chi connectivity index (χ2v) is 6.18. The molecule has 0 saturated heterocycles. The summed E-state index contributed by atoms with van der Waals surface area (Å²) in [4.78, 5) is 23.8. The summed E-state index contributed by atoms with van der Waals surface area (Å²) < 4.78 is 11.0. The molecule has 0 aliphatic heterocycles. The molecule has 0 radical (unpaired) electrons. The van der Waals surface area contributed by atoms with Crippen molar-refractivity contribution in [2.75, 3.05) is 13.7 Å². The van der Waals surface area contributed by atoms with Gasteiger partial charge in [0.15, 0.2) is 6.61 Å². The fourth-order valence-electron chi connectivity index (χ4n) is 1.90. The molecular formula is C17H15BrClNO4. The molecule has 24 heavy (non-hydrogen) atoms. The van der Waals surface area contributed by atoms with Crippen LogP contribution in [0.15, 0.2) is 46.9 Å². The molecule has 2 aromatic rings. The molecule has 0 fully saturated rings. The molecule has 0 atom stereocenters. The Balaban J connectivity index is 1.85. The Kier molecular flexibility index (Phi) is 6.63. The van der Waals surface area contributed by atoms with Crippen molar-refractivity contribution in [1.82, 2.24) is 5.32 Å². The number of esters is 1. The Morgan fingerprint density at radius 1 is 1.17 bits per heavy atom. The van der Waals surface area contributed by atoms with Gasteiger partial charge >= 0.3 is 5.97 Å². The highest BCUT2D eigenvalue weighted by atomic mass is 79.9. The maximum Gasteiger partial charge on any atom is 0.342 e. The zero-order valence-electron chi connectivity index (χ0n) is 12.8. The molecule has 2 aromatic carbocycles. The minimum absolute atomic E-state index is 0.211. The molecule has 7 heteroatoms. The molecule has 2 rings (SSSR count). The van der Waals surface area contributed by atoms with Gasteiger partial charge in [0.05, 0.1) is 7.11 Å². The summed E-state index contributed by atoms with van der Waals surface area (Å²) in [6.07, 6.45) is 0. The largest absolute Gasteiger partial charge is 0.496 e. The highest BCUT2D eigenvalue weighted by Gasteiger charge is 2.15. The van der Waals surface area contributed by atoms with Gasteiger partial charge in [-0.25, -0.2) is 4.79 Å². The summed E-state index contributed by atoms with van der Waals surface area (Å²) in [7, 11) is 1.42. The Morgan fingerprint density at radius 3 is 2.54 bits per heavy atom. The van der Waals surface area contributed by atoms with E-state index in [0.717, 1.165) is 10.0 Å². The molecule has 0 unspecified atom stereocenters. The molecule has 0 saturated carbocycles.